The van der Waals surface area contributed by atoms with Gasteiger partial charge < -0.3 is 25.4 Å². The van der Waals surface area contributed by atoms with E-state index in [2.05, 4.69) is 20.9 Å². The summed E-state index contributed by atoms with van der Waals surface area (Å²) in [4.78, 5) is 4.32. The molecule has 1 aromatic heterocycles. The number of methoxy groups -OCH3 is 1. The van der Waals surface area contributed by atoms with E-state index in [1.165, 1.54) is 7.11 Å². The summed E-state index contributed by atoms with van der Waals surface area (Å²) in [5.41, 5.74) is 5.46. The minimum atomic E-state index is -1.64. The standard InChI is InChI=1S/C25H24BrClN2O4/c1-32-23-22-19(11-20(27)29-23)33-25(15-7-9-16(26)10-8-15)21(14-5-3-2-4-6-14)17(13-30)18(12-28)24(22,25)31/h2-11,17-18,21,30-31H,12-13,28H2,1H3/t17-,18-,21?,24+,25-/m0/s1. The van der Waals surface area contributed by atoms with Crippen molar-refractivity contribution in [1.29, 1.82) is 0 Å². The Bertz CT molecular complexity index is 1180. The van der Waals surface area contributed by atoms with Gasteiger partial charge in [0.2, 0.25) is 5.88 Å². The highest BCUT2D eigenvalue weighted by molar-refractivity contribution is 9.10. The predicted molar refractivity (Wildman–Crippen MR) is 128 cm³/mol. The van der Waals surface area contributed by atoms with Crippen molar-refractivity contribution in [3.05, 3.63) is 87.0 Å². The van der Waals surface area contributed by atoms with Crippen molar-refractivity contribution in [3.8, 4) is 11.6 Å². The Balaban J connectivity index is 1.89. The molecular weight excluding hydrogens is 508 g/mol. The summed E-state index contributed by atoms with van der Waals surface area (Å²) in [7, 11) is 1.48. The molecule has 5 rings (SSSR count). The fraction of sp³-hybridized carbons (Fsp3) is 0.320. The number of pyridine rings is 1. The Morgan fingerprint density at radius 2 is 1.88 bits per heavy atom. The van der Waals surface area contributed by atoms with Crippen LogP contribution in [0.2, 0.25) is 5.15 Å². The molecule has 1 fully saturated rings. The number of benzene rings is 2. The number of halogens is 2. The lowest BCUT2D eigenvalue weighted by Crippen LogP contribution is -2.51. The lowest BCUT2D eigenvalue weighted by atomic mass is 9.70. The Kier molecular flexibility index (Phi) is 5.66. The topological polar surface area (TPSA) is 97.8 Å². The molecule has 33 heavy (non-hydrogen) atoms. The first kappa shape index (κ1) is 22.6. The molecule has 2 aromatic carbocycles. The van der Waals surface area contributed by atoms with Crippen molar-refractivity contribution in [1.82, 2.24) is 4.98 Å². The highest BCUT2D eigenvalue weighted by Crippen LogP contribution is 2.71. The second-order valence-electron chi connectivity index (χ2n) is 8.52. The van der Waals surface area contributed by atoms with E-state index in [4.69, 9.17) is 26.8 Å². The number of aromatic nitrogens is 1. The predicted octanol–water partition coefficient (Wildman–Crippen LogP) is 3.96. The number of nitrogens with two attached hydrogens (primary N) is 1. The van der Waals surface area contributed by atoms with Gasteiger partial charge in [0.25, 0.3) is 0 Å². The van der Waals surface area contributed by atoms with E-state index in [9.17, 15) is 10.2 Å². The molecule has 1 aliphatic carbocycles. The van der Waals surface area contributed by atoms with E-state index in [1.54, 1.807) is 6.07 Å². The number of aliphatic hydroxyl groups excluding tert-OH is 1. The minimum absolute atomic E-state index is 0.123. The summed E-state index contributed by atoms with van der Waals surface area (Å²) >= 11 is 9.78. The van der Waals surface area contributed by atoms with Gasteiger partial charge in [-0.1, -0.05) is 70.0 Å². The SMILES string of the molecule is COc1nc(Cl)cc2c1[C@]1(O)[C@@H](CN)[C@H](CO)C(c3ccccc3)[C@]1(c1ccc(Br)cc1)O2. The van der Waals surface area contributed by atoms with E-state index in [1.807, 2.05) is 54.6 Å². The number of nitrogens with zero attached hydrogens (tertiary/aromatic N) is 1. The number of fused-ring (bicyclic) bond motifs is 3. The molecule has 3 aromatic rings. The molecule has 0 saturated heterocycles. The molecule has 1 aliphatic heterocycles. The Morgan fingerprint density at radius 1 is 1.18 bits per heavy atom. The molecule has 5 atom stereocenters. The maximum Gasteiger partial charge on any atom is 0.224 e. The van der Waals surface area contributed by atoms with Gasteiger partial charge in [-0.15, -0.1) is 0 Å². The lowest BCUT2D eigenvalue weighted by molar-refractivity contribution is -0.127. The van der Waals surface area contributed by atoms with Crippen LogP contribution >= 0.6 is 27.5 Å². The van der Waals surface area contributed by atoms with E-state index >= 15 is 0 Å². The van der Waals surface area contributed by atoms with E-state index in [-0.39, 0.29) is 30.1 Å². The third-order valence-electron chi connectivity index (χ3n) is 7.15. The Labute approximate surface area is 205 Å². The third-order valence-corrected chi connectivity index (χ3v) is 7.87. The van der Waals surface area contributed by atoms with Gasteiger partial charge in [0.15, 0.2) is 5.60 Å². The van der Waals surface area contributed by atoms with E-state index in [0.717, 1.165) is 15.6 Å². The number of aliphatic hydroxyl groups is 2. The fourth-order valence-electron chi connectivity index (χ4n) is 5.97. The van der Waals surface area contributed by atoms with Crippen LogP contribution in [0.5, 0.6) is 11.6 Å². The molecule has 2 aliphatic rings. The maximum atomic E-state index is 12.8. The smallest absolute Gasteiger partial charge is 0.224 e. The van der Waals surface area contributed by atoms with Gasteiger partial charge in [0, 0.05) is 34.9 Å². The molecule has 1 saturated carbocycles. The molecular formula is C25H24BrClN2O4. The van der Waals surface area contributed by atoms with Crippen molar-refractivity contribution in [2.45, 2.75) is 17.1 Å². The van der Waals surface area contributed by atoms with Crippen LogP contribution in [0.15, 0.2) is 65.1 Å². The molecule has 8 heteroatoms. The first-order chi connectivity index (χ1) is 15.9. The molecule has 4 N–H and O–H groups in total. The van der Waals surface area contributed by atoms with Crippen molar-refractivity contribution in [2.24, 2.45) is 17.6 Å². The largest absolute Gasteiger partial charge is 0.481 e. The average molecular weight is 532 g/mol. The number of hydrogen-bond donors (Lipinski definition) is 3. The van der Waals surface area contributed by atoms with Crippen molar-refractivity contribution in [2.75, 3.05) is 20.3 Å². The average Bonchev–Trinajstić information content (AvgIpc) is 3.20. The van der Waals surface area contributed by atoms with Gasteiger partial charge in [0.1, 0.15) is 16.5 Å². The quantitative estimate of drug-likeness (QED) is 0.431. The lowest BCUT2D eigenvalue weighted by Gasteiger charge is -2.41. The molecule has 0 amide bonds. The first-order valence-electron chi connectivity index (χ1n) is 10.7. The second kappa shape index (κ2) is 8.25. The van der Waals surface area contributed by atoms with Gasteiger partial charge in [-0.2, -0.15) is 0 Å². The molecule has 172 valence electrons. The minimum Gasteiger partial charge on any atom is -0.481 e. The van der Waals surface area contributed by atoms with Gasteiger partial charge in [-0.3, -0.25) is 0 Å². The highest BCUT2D eigenvalue weighted by atomic mass is 79.9. The van der Waals surface area contributed by atoms with Crippen molar-refractivity contribution >= 4 is 27.5 Å². The van der Waals surface area contributed by atoms with Crippen LogP contribution in [0.4, 0.5) is 0 Å². The summed E-state index contributed by atoms with van der Waals surface area (Å²) in [6.07, 6.45) is 0. The Morgan fingerprint density at radius 3 is 2.48 bits per heavy atom. The molecule has 2 heterocycles. The maximum absolute atomic E-state index is 12.8. The van der Waals surface area contributed by atoms with Gasteiger partial charge in [-0.25, -0.2) is 4.98 Å². The molecule has 0 spiro atoms. The van der Waals surface area contributed by atoms with Crippen LogP contribution in [-0.4, -0.2) is 35.5 Å². The van der Waals surface area contributed by atoms with Crippen LogP contribution in [0, 0.1) is 11.8 Å². The molecule has 0 bridgehead atoms. The van der Waals surface area contributed by atoms with E-state index < -0.39 is 23.0 Å². The summed E-state index contributed by atoms with van der Waals surface area (Å²) in [5.74, 6) is -0.774. The van der Waals surface area contributed by atoms with Crippen LogP contribution < -0.4 is 15.2 Å². The molecule has 6 nitrogen and oxygen atoms in total. The van der Waals surface area contributed by atoms with Gasteiger partial charge in [-0.05, 0) is 29.8 Å². The van der Waals surface area contributed by atoms with Crippen molar-refractivity contribution in [3.63, 3.8) is 0 Å². The van der Waals surface area contributed by atoms with Crippen LogP contribution in [0.3, 0.4) is 0 Å². The van der Waals surface area contributed by atoms with Crippen molar-refractivity contribution < 1.29 is 19.7 Å². The summed E-state index contributed by atoms with van der Waals surface area (Å²) in [5, 5.41) is 23.6. The van der Waals surface area contributed by atoms with Crippen LogP contribution in [-0.2, 0) is 11.2 Å². The zero-order valence-electron chi connectivity index (χ0n) is 17.9. The molecule has 1 unspecified atom stereocenters. The van der Waals surface area contributed by atoms with Gasteiger partial charge >= 0.3 is 0 Å². The number of hydrogen-bond acceptors (Lipinski definition) is 6. The second-order valence-corrected chi connectivity index (χ2v) is 9.82. The fourth-order valence-corrected chi connectivity index (χ4v) is 6.41. The normalized spacial score (nSPS) is 29.9. The van der Waals surface area contributed by atoms with Gasteiger partial charge in [0.05, 0.1) is 12.7 Å². The molecule has 0 radical (unpaired) electrons. The number of ether oxygens (including phenoxy) is 2. The number of rotatable bonds is 5. The van der Waals surface area contributed by atoms with Crippen LogP contribution in [0.25, 0.3) is 0 Å². The zero-order chi connectivity index (χ0) is 23.4. The Hall–Kier alpha value is -2.16. The highest BCUT2D eigenvalue weighted by Gasteiger charge is 2.76. The first-order valence-corrected chi connectivity index (χ1v) is 11.9. The van der Waals surface area contributed by atoms with E-state index in [0.29, 0.717) is 11.3 Å². The zero-order valence-corrected chi connectivity index (χ0v) is 20.3. The summed E-state index contributed by atoms with van der Waals surface area (Å²) < 4.78 is 13.2. The van der Waals surface area contributed by atoms with Crippen LogP contribution in [0.1, 0.15) is 22.6 Å². The summed E-state index contributed by atoms with van der Waals surface area (Å²) in [6, 6.07) is 19.0. The monoisotopic (exact) mass is 530 g/mol. The third kappa shape index (κ3) is 3.00. The summed E-state index contributed by atoms with van der Waals surface area (Å²) in [6.45, 7) is -0.0536.